The molecule has 1 saturated carbocycles. The van der Waals surface area contributed by atoms with Crippen LogP contribution in [0.4, 0.5) is 0 Å². The van der Waals surface area contributed by atoms with Crippen LogP contribution >= 0.6 is 0 Å². The number of benzene rings is 1. The van der Waals surface area contributed by atoms with Gasteiger partial charge >= 0.3 is 0 Å². The summed E-state index contributed by atoms with van der Waals surface area (Å²) >= 11 is 0. The minimum Gasteiger partial charge on any atom is -0.493 e. The average Bonchev–Trinajstić information content (AvgIpc) is 3.47. The first-order valence-electron chi connectivity index (χ1n) is 10.5. The largest absolute Gasteiger partial charge is 0.493 e. The number of fused-ring (bicyclic) bond motifs is 1. The molecule has 0 aliphatic heterocycles. The lowest BCUT2D eigenvalue weighted by molar-refractivity contribution is 0.293. The fourth-order valence-electron chi connectivity index (χ4n) is 3.36. The van der Waals surface area contributed by atoms with Gasteiger partial charge < -0.3 is 19.8 Å². The van der Waals surface area contributed by atoms with Gasteiger partial charge in [-0.15, -0.1) is 0 Å². The quantitative estimate of drug-likeness (QED) is 0.646. The summed E-state index contributed by atoms with van der Waals surface area (Å²) in [5, 5.41) is 1.46. The molecule has 1 fully saturated rings. The summed E-state index contributed by atoms with van der Waals surface area (Å²) in [6.45, 7) is 10.7. The van der Waals surface area contributed by atoms with Crippen LogP contribution in [0.3, 0.4) is 0 Å². The van der Waals surface area contributed by atoms with Gasteiger partial charge in [0.1, 0.15) is 11.5 Å². The standard InChI is InChI=1S/C23H34N2O3/c1-5-6-11-27-21-19-12-17(28-14-16-7-8-16)9-10-18(19)22(26)25(20(21)13-24)15-23(2,3)4/h9-10,12,16H,5-8,11,13-15,24H2,1-4H3. The Bertz CT molecular complexity index is 876. The molecule has 0 saturated heterocycles. The Morgan fingerprint density at radius 1 is 1.18 bits per heavy atom. The summed E-state index contributed by atoms with van der Waals surface area (Å²) in [7, 11) is 0. The molecule has 3 rings (SSSR count). The Kier molecular flexibility index (Phi) is 6.33. The zero-order valence-electron chi connectivity index (χ0n) is 17.7. The van der Waals surface area contributed by atoms with Crippen molar-refractivity contribution in [2.75, 3.05) is 13.2 Å². The maximum absolute atomic E-state index is 13.3. The SMILES string of the molecule is CCCCOc1c(CN)n(CC(C)(C)C)c(=O)c2ccc(OCC3CC3)cc12. The summed E-state index contributed by atoms with van der Waals surface area (Å²) in [4.78, 5) is 13.3. The van der Waals surface area contributed by atoms with E-state index in [1.165, 1.54) is 12.8 Å². The first-order chi connectivity index (χ1) is 13.3. The van der Waals surface area contributed by atoms with E-state index in [-0.39, 0.29) is 17.5 Å². The van der Waals surface area contributed by atoms with E-state index in [1.54, 1.807) is 4.57 Å². The van der Waals surface area contributed by atoms with Crippen LogP contribution in [0.1, 0.15) is 59.1 Å². The third-order valence-corrected chi connectivity index (χ3v) is 5.05. The summed E-state index contributed by atoms with van der Waals surface area (Å²) < 4.78 is 13.9. The van der Waals surface area contributed by atoms with Crippen LogP contribution in [0.25, 0.3) is 10.8 Å². The second kappa shape index (κ2) is 8.56. The number of nitrogens with two attached hydrogens (primary N) is 1. The smallest absolute Gasteiger partial charge is 0.258 e. The van der Waals surface area contributed by atoms with Crippen LogP contribution in [-0.2, 0) is 13.1 Å². The van der Waals surface area contributed by atoms with Gasteiger partial charge in [0.15, 0.2) is 0 Å². The molecule has 0 radical (unpaired) electrons. The maximum atomic E-state index is 13.3. The number of unbranched alkanes of at least 4 members (excludes halogenated alkanes) is 1. The Morgan fingerprint density at radius 2 is 1.93 bits per heavy atom. The van der Waals surface area contributed by atoms with E-state index in [9.17, 15) is 4.79 Å². The van der Waals surface area contributed by atoms with Crippen LogP contribution < -0.4 is 20.8 Å². The fraction of sp³-hybridized carbons (Fsp3) is 0.609. The van der Waals surface area contributed by atoms with Gasteiger partial charge in [-0.1, -0.05) is 34.1 Å². The first kappa shape index (κ1) is 20.7. The van der Waals surface area contributed by atoms with Crippen LogP contribution in [0.15, 0.2) is 23.0 Å². The molecule has 1 aliphatic rings. The average molecular weight is 387 g/mol. The third kappa shape index (κ3) is 4.88. The highest BCUT2D eigenvalue weighted by molar-refractivity contribution is 5.89. The molecule has 28 heavy (non-hydrogen) atoms. The molecule has 1 aliphatic carbocycles. The van der Waals surface area contributed by atoms with E-state index < -0.39 is 0 Å². The summed E-state index contributed by atoms with van der Waals surface area (Å²) in [6, 6.07) is 5.71. The minimum absolute atomic E-state index is 0.0121. The highest BCUT2D eigenvalue weighted by Gasteiger charge is 2.23. The first-order valence-corrected chi connectivity index (χ1v) is 10.5. The van der Waals surface area contributed by atoms with Crippen molar-refractivity contribution in [3.05, 3.63) is 34.2 Å². The Labute approximate surface area is 167 Å². The molecule has 154 valence electrons. The molecule has 2 N–H and O–H groups in total. The molecule has 0 atom stereocenters. The number of hydrogen-bond acceptors (Lipinski definition) is 4. The molecule has 1 heterocycles. The van der Waals surface area contributed by atoms with Crippen molar-refractivity contribution >= 4 is 10.8 Å². The number of hydrogen-bond donors (Lipinski definition) is 1. The number of nitrogens with zero attached hydrogens (tertiary/aromatic N) is 1. The molecular weight excluding hydrogens is 352 g/mol. The Morgan fingerprint density at radius 3 is 2.54 bits per heavy atom. The van der Waals surface area contributed by atoms with Gasteiger partial charge in [0.05, 0.1) is 24.3 Å². The predicted molar refractivity (Wildman–Crippen MR) is 114 cm³/mol. The van der Waals surface area contributed by atoms with Crippen LogP contribution in [-0.4, -0.2) is 17.8 Å². The van der Waals surface area contributed by atoms with Crippen molar-refractivity contribution in [2.45, 2.75) is 66.5 Å². The molecule has 0 spiro atoms. The van der Waals surface area contributed by atoms with Crippen molar-refractivity contribution in [1.29, 1.82) is 0 Å². The van der Waals surface area contributed by atoms with Gasteiger partial charge in [0, 0.05) is 18.5 Å². The lowest BCUT2D eigenvalue weighted by Crippen LogP contribution is -2.31. The monoisotopic (exact) mass is 386 g/mol. The van der Waals surface area contributed by atoms with E-state index in [4.69, 9.17) is 15.2 Å². The van der Waals surface area contributed by atoms with E-state index in [0.29, 0.717) is 24.5 Å². The zero-order valence-corrected chi connectivity index (χ0v) is 17.7. The predicted octanol–water partition coefficient (Wildman–Crippen LogP) is 4.47. The maximum Gasteiger partial charge on any atom is 0.258 e. The van der Waals surface area contributed by atoms with Crippen molar-refractivity contribution in [3.63, 3.8) is 0 Å². The van der Waals surface area contributed by atoms with Crippen LogP contribution in [0.5, 0.6) is 11.5 Å². The second-order valence-corrected chi connectivity index (χ2v) is 9.10. The number of pyridine rings is 1. The lowest BCUT2D eigenvalue weighted by Gasteiger charge is -2.25. The minimum atomic E-state index is -0.0462. The highest BCUT2D eigenvalue weighted by Crippen LogP contribution is 2.34. The molecule has 2 aromatic rings. The number of aromatic nitrogens is 1. The van der Waals surface area contributed by atoms with Gasteiger partial charge in [-0.25, -0.2) is 0 Å². The number of rotatable bonds is 9. The molecule has 0 bridgehead atoms. The second-order valence-electron chi connectivity index (χ2n) is 9.10. The Hall–Kier alpha value is -2.01. The topological polar surface area (TPSA) is 66.5 Å². The van der Waals surface area contributed by atoms with Gasteiger partial charge in [-0.2, -0.15) is 0 Å². The van der Waals surface area contributed by atoms with Crippen molar-refractivity contribution in [2.24, 2.45) is 17.1 Å². The number of ether oxygens (including phenoxy) is 2. The van der Waals surface area contributed by atoms with E-state index >= 15 is 0 Å². The summed E-state index contributed by atoms with van der Waals surface area (Å²) in [5.41, 5.74) is 6.82. The van der Waals surface area contributed by atoms with Gasteiger partial charge in [-0.05, 0) is 48.8 Å². The Balaban J connectivity index is 2.11. The van der Waals surface area contributed by atoms with Crippen LogP contribution in [0, 0.1) is 11.3 Å². The third-order valence-electron chi connectivity index (χ3n) is 5.05. The zero-order chi connectivity index (χ0) is 20.3. The van der Waals surface area contributed by atoms with Gasteiger partial charge in [0.2, 0.25) is 0 Å². The molecule has 1 aromatic carbocycles. The normalized spacial score (nSPS) is 14.5. The molecule has 5 nitrogen and oxygen atoms in total. The molecule has 1 aromatic heterocycles. The molecule has 0 unspecified atom stereocenters. The summed E-state index contributed by atoms with van der Waals surface area (Å²) in [5.74, 6) is 2.19. The fourth-order valence-corrected chi connectivity index (χ4v) is 3.36. The molecular formula is C23H34N2O3. The lowest BCUT2D eigenvalue weighted by atomic mass is 9.96. The molecule has 0 amide bonds. The summed E-state index contributed by atoms with van der Waals surface area (Å²) in [6.07, 6.45) is 4.50. The van der Waals surface area contributed by atoms with E-state index in [1.807, 2.05) is 18.2 Å². The van der Waals surface area contributed by atoms with Crippen molar-refractivity contribution in [1.82, 2.24) is 4.57 Å². The van der Waals surface area contributed by atoms with Gasteiger partial charge in [-0.3, -0.25) is 4.79 Å². The molecule has 5 heteroatoms. The van der Waals surface area contributed by atoms with E-state index in [0.717, 1.165) is 42.0 Å². The van der Waals surface area contributed by atoms with Crippen molar-refractivity contribution < 1.29 is 9.47 Å². The van der Waals surface area contributed by atoms with Crippen LogP contribution in [0.2, 0.25) is 0 Å². The van der Waals surface area contributed by atoms with Gasteiger partial charge in [0.25, 0.3) is 5.56 Å². The highest BCUT2D eigenvalue weighted by atomic mass is 16.5. The van der Waals surface area contributed by atoms with Crippen molar-refractivity contribution in [3.8, 4) is 11.5 Å². The van der Waals surface area contributed by atoms with E-state index in [2.05, 4.69) is 27.7 Å².